The molecule has 140 valence electrons. The number of hydrogen-bond donors (Lipinski definition) is 1. The third kappa shape index (κ3) is 5.04. The number of aromatic nitrogens is 2. The van der Waals surface area contributed by atoms with Gasteiger partial charge in [0.15, 0.2) is 4.34 Å². The summed E-state index contributed by atoms with van der Waals surface area (Å²) in [6, 6.07) is 10.6. The number of amides is 1. The standard InChI is InChI=1S/C17H11F4N3OS2/c18-11-5-3-4-10(8-11)9-26-16-24-23-15(27-16)22-14(25)12-6-1-2-7-13(12)17(19,20)21/h1-8H,9H2,(H,22,23,25). The molecule has 0 aliphatic rings. The quantitative estimate of drug-likeness (QED) is 0.353. The van der Waals surface area contributed by atoms with Crippen molar-refractivity contribution in [2.45, 2.75) is 16.3 Å². The fraction of sp³-hybridized carbons (Fsp3) is 0.118. The molecule has 0 radical (unpaired) electrons. The molecule has 0 fully saturated rings. The molecule has 0 atom stereocenters. The van der Waals surface area contributed by atoms with E-state index in [0.29, 0.717) is 10.1 Å². The van der Waals surface area contributed by atoms with Crippen LogP contribution in [0.4, 0.5) is 22.7 Å². The normalized spacial score (nSPS) is 11.4. The summed E-state index contributed by atoms with van der Waals surface area (Å²) in [4.78, 5) is 12.2. The van der Waals surface area contributed by atoms with Gasteiger partial charge in [0.1, 0.15) is 5.82 Å². The summed E-state index contributed by atoms with van der Waals surface area (Å²) in [6.07, 6.45) is -4.64. The van der Waals surface area contributed by atoms with Gasteiger partial charge < -0.3 is 0 Å². The number of thioether (sulfide) groups is 1. The molecular formula is C17H11F4N3OS2. The Morgan fingerprint density at radius 1 is 1.11 bits per heavy atom. The van der Waals surface area contributed by atoms with Gasteiger partial charge in [0.25, 0.3) is 5.91 Å². The lowest BCUT2D eigenvalue weighted by atomic mass is 10.1. The molecule has 4 nitrogen and oxygen atoms in total. The molecule has 1 N–H and O–H groups in total. The SMILES string of the molecule is O=C(Nc1nnc(SCc2cccc(F)c2)s1)c1ccccc1C(F)(F)F. The van der Waals surface area contributed by atoms with Crippen molar-refractivity contribution in [2.75, 3.05) is 5.32 Å². The number of nitrogens with one attached hydrogen (secondary N) is 1. The van der Waals surface area contributed by atoms with Crippen molar-refractivity contribution >= 4 is 34.1 Å². The third-order valence-electron chi connectivity index (χ3n) is 3.36. The third-order valence-corrected chi connectivity index (χ3v) is 5.40. The summed E-state index contributed by atoms with van der Waals surface area (Å²) in [5.74, 6) is -0.820. The zero-order valence-corrected chi connectivity index (χ0v) is 15.1. The van der Waals surface area contributed by atoms with Gasteiger partial charge in [-0.25, -0.2) is 4.39 Å². The Morgan fingerprint density at radius 3 is 2.63 bits per heavy atom. The Balaban J connectivity index is 1.67. The van der Waals surface area contributed by atoms with E-state index in [1.165, 1.54) is 36.0 Å². The van der Waals surface area contributed by atoms with Crippen molar-refractivity contribution in [3.63, 3.8) is 0 Å². The van der Waals surface area contributed by atoms with Gasteiger partial charge in [-0.15, -0.1) is 10.2 Å². The first kappa shape index (κ1) is 19.3. The highest BCUT2D eigenvalue weighted by Crippen LogP contribution is 2.33. The van der Waals surface area contributed by atoms with Gasteiger partial charge in [0.05, 0.1) is 11.1 Å². The van der Waals surface area contributed by atoms with Crippen LogP contribution in [0.15, 0.2) is 52.9 Å². The molecule has 0 bridgehead atoms. The predicted molar refractivity (Wildman–Crippen MR) is 95.3 cm³/mol. The van der Waals surface area contributed by atoms with Gasteiger partial charge >= 0.3 is 6.18 Å². The smallest absolute Gasteiger partial charge is 0.296 e. The number of nitrogens with zero attached hydrogens (tertiary/aromatic N) is 2. The van der Waals surface area contributed by atoms with E-state index in [-0.39, 0.29) is 10.9 Å². The number of carbonyl (C=O) groups excluding carboxylic acids is 1. The van der Waals surface area contributed by atoms with Crippen molar-refractivity contribution in [3.8, 4) is 0 Å². The van der Waals surface area contributed by atoms with E-state index in [1.807, 2.05) is 0 Å². The number of carbonyl (C=O) groups is 1. The van der Waals surface area contributed by atoms with Gasteiger partial charge in [-0.3, -0.25) is 10.1 Å². The molecule has 2 aromatic carbocycles. The summed E-state index contributed by atoms with van der Waals surface area (Å²) in [5, 5.41) is 10.0. The molecular weight excluding hydrogens is 402 g/mol. The fourth-order valence-corrected chi connectivity index (χ4v) is 3.87. The van der Waals surface area contributed by atoms with Gasteiger partial charge in [0, 0.05) is 5.75 Å². The minimum absolute atomic E-state index is 0.0821. The predicted octanol–water partition coefficient (Wildman–Crippen LogP) is 5.24. The van der Waals surface area contributed by atoms with Crippen LogP contribution in [-0.2, 0) is 11.9 Å². The summed E-state index contributed by atoms with van der Waals surface area (Å²) < 4.78 is 52.7. The van der Waals surface area contributed by atoms with E-state index < -0.39 is 23.2 Å². The number of halogens is 4. The minimum atomic E-state index is -4.64. The highest BCUT2D eigenvalue weighted by molar-refractivity contribution is 8.00. The fourth-order valence-electron chi connectivity index (χ4n) is 2.18. The number of benzene rings is 2. The van der Waals surface area contributed by atoms with Crippen molar-refractivity contribution in [1.82, 2.24) is 10.2 Å². The van der Waals surface area contributed by atoms with Crippen LogP contribution in [-0.4, -0.2) is 16.1 Å². The lowest BCUT2D eigenvalue weighted by molar-refractivity contribution is -0.137. The average molecular weight is 413 g/mol. The lowest BCUT2D eigenvalue weighted by Gasteiger charge is -2.11. The second-order valence-corrected chi connectivity index (χ2v) is 7.49. The maximum Gasteiger partial charge on any atom is 0.417 e. The first-order valence-corrected chi connectivity index (χ1v) is 9.31. The Morgan fingerprint density at radius 2 is 1.89 bits per heavy atom. The second-order valence-electron chi connectivity index (χ2n) is 5.29. The minimum Gasteiger partial charge on any atom is -0.296 e. The van der Waals surface area contributed by atoms with Crippen LogP contribution in [0.1, 0.15) is 21.5 Å². The molecule has 1 aromatic heterocycles. The number of hydrogen-bond acceptors (Lipinski definition) is 5. The van der Waals surface area contributed by atoms with Crippen LogP contribution >= 0.6 is 23.1 Å². The van der Waals surface area contributed by atoms with Crippen LogP contribution in [0.25, 0.3) is 0 Å². The molecule has 0 aliphatic heterocycles. The summed E-state index contributed by atoms with van der Waals surface area (Å²) >= 11 is 2.31. The first-order chi connectivity index (χ1) is 12.8. The highest BCUT2D eigenvalue weighted by atomic mass is 32.2. The van der Waals surface area contributed by atoms with E-state index in [0.717, 1.165) is 29.0 Å². The van der Waals surface area contributed by atoms with E-state index in [9.17, 15) is 22.4 Å². The van der Waals surface area contributed by atoms with E-state index in [2.05, 4.69) is 15.5 Å². The Kier molecular flexibility index (Phi) is 5.76. The monoisotopic (exact) mass is 413 g/mol. The van der Waals surface area contributed by atoms with E-state index in [4.69, 9.17) is 0 Å². The second kappa shape index (κ2) is 8.05. The summed E-state index contributed by atoms with van der Waals surface area (Å²) in [7, 11) is 0. The highest BCUT2D eigenvalue weighted by Gasteiger charge is 2.35. The van der Waals surface area contributed by atoms with Gasteiger partial charge in [-0.1, -0.05) is 47.4 Å². The van der Waals surface area contributed by atoms with Crippen LogP contribution < -0.4 is 5.32 Å². The molecule has 0 saturated heterocycles. The molecule has 0 spiro atoms. The van der Waals surface area contributed by atoms with E-state index >= 15 is 0 Å². The first-order valence-electron chi connectivity index (χ1n) is 7.51. The molecule has 0 aliphatic carbocycles. The molecule has 0 saturated carbocycles. The zero-order chi connectivity index (χ0) is 19.4. The summed E-state index contributed by atoms with van der Waals surface area (Å²) in [5.41, 5.74) is -0.762. The zero-order valence-electron chi connectivity index (χ0n) is 13.5. The van der Waals surface area contributed by atoms with Gasteiger partial charge in [0.2, 0.25) is 5.13 Å². The van der Waals surface area contributed by atoms with E-state index in [1.54, 1.807) is 12.1 Å². The largest absolute Gasteiger partial charge is 0.417 e. The molecule has 3 aromatic rings. The molecule has 3 rings (SSSR count). The lowest BCUT2D eigenvalue weighted by Crippen LogP contribution is -2.18. The molecule has 1 heterocycles. The molecule has 0 unspecified atom stereocenters. The maximum atomic E-state index is 13.2. The average Bonchev–Trinajstić information content (AvgIpc) is 3.07. The number of rotatable bonds is 5. The van der Waals surface area contributed by atoms with Crippen LogP contribution in [0, 0.1) is 5.82 Å². The van der Waals surface area contributed by atoms with Crippen LogP contribution in [0.3, 0.4) is 0 Å². The van der Waals surface area contributed by atoms with Crippen LogP contribution in [0.5, 0.6) is 0 Å². The van der Waals surface area contributed by atoms with Gasteiger partial charge in [-0.2, -0.15) is 13.2 Å². The molecule has 27 heavy (non-hydrogen) atoms. The maximum absolute atomic E-state index is 13.2. The number of anilines is 1. The Hall–Kier alpha value is -2.46. The van der Waals surface area contributed by atoms with Gasteiger partial charge in [-0.05, 0) is 29.8 Å². The van der Waals surface area contributed by atoms with Crippen molar-refractivity contribution in [1.29, 1.82) is 0 Å². The molecule has 1 amide bonds. The summed E-state index contributed by atoms with van der Waals surface area (Å²) in [6.45, 7) is 0. The number of alkyl halides is 3. The van der Waals surface area contributed by atoms with Crippen molar-refractivity contribution in [2.24, 2.45) is 0 Å². The Bertz CT molecular complexity index is 959. The van der Waals surface area contributed by atoms with Crippen molar-refractivity contribution < 1.29 is 22.4 Å². The van der Waals surface area contributed by atoms with Crippen LogP contribution in [0.2, 0.25) is 0 Å². The topological polar surface area (TPSA) is 54.9 Å². The Labute approximate surface area is 159 Å². The van der Waals surface area contributed by atoms with Crippen molar-refractivity contribution in [3.05, 3.63) is 71.0 Å². The molecule has 10 heteroatoms.